The van der Waals surface area contributed by atoms with Gasteiger partial charge in [-0.05, 0) is 23.2 Å². The normalized spacial score (nSPS) is 10.3. The van der Waals surface area contributed by atoms with E-state index in [-0.39, 0.29) is 17.4 Å². The molecule has 7 nitrogen and oxygen atoms in total. The maximum absolute atomic E-state index is 11.4. The molecule has 0 aliphatic rings. The summed E-state index contributed by atoms with van der Waals surface area (Å²) < 4.78 is 9.57. The van der Waals surface area contributed by atoms with Gasteiger partial charge < -0.3 is 15.8 Å². The van der Waals surface area contributed by atoms with E-state index < -0.39 is 0 Å². The van der Waals surface area contributed by atoms with Crippen LogP contribution in [-0.4, -0.2) is 36.0 Å². The number of nitrogens with zero attached hydrogens (tertiary/aromatic N) is 2. The number of carbonyl (C=O) groups is 1. The molecule has 0 radical (unpaired) electrons. The molecule has 0 aliphatic heterocycles. The van der Waals surface area contributed by atoms with Crippen LogP contribution in [0.25, 0.3) is 0 Å². The van der Waals surface area contributed by atoms with E-state index in [4.69, 9.17) is 10.5 Å². The molecule has 0 saturated heterocycles. The molecule has 7 heteroatoms. The number of nitrogens with two attached hydrogens (primary N) is 1. The molecule has 1 amide bonds. The van der Waals surface area contributed by atoms with Crippen molar-refractivity contribution in [2.45, 2.75) is 19.8 Å². The Morgan fingerprint density at radius 1 is 1.50 bits per heavy atom. The Balaban J connectivity index is 2.14. The lowest BCUT2D eigenvalue weighted by Crippen LogP contribution is -2.26. The van der Waals surface area contributed by atoms with E-state index in [2.05, 4.69) is 20.3 Å². The standard InChI is InChI=1S/C9H16N4O3/c1-2-5-15-6-3-4-11-9(14)7-8(10)13-16-12-7/h2-6H2,1H3,(H2,10,13)(H,11,14). The van der Waals surface area contributed by atoms with Crippen molar-refractivity contribution in [3.8, 4) is 0 Å². The summed E-state index contributed by atoms with van der Waals surface area (Å²) >= 11 is 0. The molecule has 0 unspecified atom stereocenters. The van der Waals surface area contributed by atoms with Crippen LogP contribution >= 0.6 is 0 Å². The Bertz CT molecular complexity index is 326. The molecule has 1 rings (SSSR count). The van der Waals surface area contributed by atoms with Crippen LogP contribution in [0, 0.1) is 0 Å². The van der Waals surface area contributed by atoms with Gasteiger partial charge in [0.05, 0.1) is 0 Å². The molecule has 1 heterocycles. The molecular formula is C9H16N4O3. The molecule has 0 atom stereocenters. The van der Waals surface area contributed by atoms with Gasteiger partial charge in [-0.1, -0.05) is 6.92 Å². The molecule has 0 aromatic carbocycles. The number of aromatic nitrogens is 2. The zero-order chi connectivity index (χ0) is 11.8. The highest BCUT2D eigenvalue weighted by atomic mass is 16.6. The number of anilines is 1. The van der Waals surface area contributed by atoms with Gasteiger partial charge in [0.15, 0.2) is 0 Å². The number of hydrogen-bond acceptors (Lipinski definition) is 6. The second-order valence-corrected chi connectivity index (χ2v) is 3.22. The van der Waals surface area contributed by atoms with Gasteiger partial charge in [0.1, 0.15) is 0 Å². The summed E-state index contributed by atoms with van der Waals surface area (Å²) in [5.74, 6) is -0.381. The Labute approximate surface area is 93.3 Å². The van der Waals surface area contributed by atoms with E-state index >= 15 is 0 Å². The first-order valence-corrected chi connectivity index (χ1v) is 5.19. The number of amides is 1. The summed E-state index contributed by atoms with van der Waals surface area (Å²) in [6, 6.07) is 0. The molecule has 0 spiro atoms. The fourth-order valence-corrected chi connectivity index (χ4v) is 1.06. The molecule has 3 N–H and O–H groups in total. The molecular weight excluding hydrogens is 212 g/mol. The highest BCUT2D eigenvalue weighted by Gasteiger charge is 2.14. The fourth-order valence-electron chi connectivity index (χ4n) is 1.06. The van der Waals surface area contributed by atoms with Gasteiger partial charge in [0.2, 0.25) is 11.5 Å². The molecule has 0 saturated carbocycles. The number of nitrogens with one attached hydrogen (secondary N) is 1. The van der Waals surface area contributed by atoms with Crippen LogP contribution in [0.3, 0.4) is 0 Å². The minimum atomic E-state index is -0.380. The summed E-state index contributed by atoms with van der Waals surface area (Å²) in [7, 11) is 0. The zero-order valence-corrected chi connectivity index (χ0v) is 9.23. The molecule has 16 heavy (non-hydrogen) atoms. The van der Waals surface area contributed by atoms with Crippen LogP contribution in [0.4, 0.5) is 5.82 Å². The van der Waals surface area contributed by atoms with E-state index in [0.717, 1.165) is 19.4 Å². The Kier molecular flexibility index (Phi) is 5.27. The molecule has 0 fully saturated rings. The van der Waals surface area contributed by atoms with Gasteiger partial charge in [-0.15, -0.1) is 0 Å². The van der Waals surface area contributed by atoms with Crippen LogP contribution in [0.15, 0.2) is 4.63 Å². The van der Waals surface area contributed by atoms with Crippen molar-refractivity contribution < 1.29 is 14.2 Å². The molecule has 90 valence electrons. The van der Waals surface area contributed by atoms with Crippen molar-refractivity contribution in [1.82, 2.24) is 15.6 Å². The van der Waals surface area contributed by atoms with E-state index in [1.54, 1.807) is 0 Å². The summed E-state index contributed by atoms with van der Waals surface area (Å²) in [6.07, 6.45) is 1.74. The average molecular weight is 228 g/mol. The third-order valence-corrected chi connectivity index (χ3v) is 1.83. The lowest BCUT2D eigenvalue weighted by Gasteiger charge is -2.03. The van der Waals surface area contributed by atoms with Crippen molar-refractivity contribution in [3.63, 3.8) is 0 Å². The quantitative estimate of drug-likeness (QED) is 0.646. The van der Waals surface area contributed by atoms with Crippen molar-refractivity contribution >= 4 is 11.7 Å². The predicted octanol–water partition coefficient (Wildman–Crippen LogP) is 0.198. The van der Waals surface area contributed by atoms with E-state index in [1.165, 1.54) is 0 Å². The summed E-state index contributed by atoms with van der Waals surface area (Å²) in [4.78, 5) is 11.4. The Morgan fingerprint density at radius 3 is 2.94 bits per heavy atom. The maximum atomic E-state index is 11.4. The second-order valence-electron chi connectivity index (χ2n) is 3.22. The van der Waals surface area contributed by atoms with Crippen molar-refractivity contribution in [2.75, 3.05) is 25.5 Å². The number of ether oxygens (including phenoxy) is 1. The van der Waals surface area contributed by atoms with Crippen molar-refractivity contribution in [2.24, 2.45) is 0 Å². The third kappa shape index (κ3) is 3.85. The minimum absolute atomic E-state index is 0.000247. The SMILES string of the molecule is CCCOCCCNC(=O)c1nonc1N. The van der Waals surface area contributed by atoms with Crippen molar-refractivity contribution in [3.05, 3.63) is 5.69 Å². The number of hydrogen-bond donors (Lipinski definition) is 2. The van der Waals surface area contributed by atoms with Gasteiger partial charge >= 0.3 is 0 Å². The molecule has 0 aliphatic carbocycles. The first-order chi connectivity index (χ1) is 7.75. The van der Waals surface area contributed by atoms with Crippen LogP contribution in [-0.2, 0) is 4.74 Å². The van der Waals surface area contributed by atoms with Crippen LogP contribution in [0.1, 0.15) is 30.3 Å². The third-order valence-electron chi connectivity index (χ3n) is 1.83. The second kappa shape index (κ2) is 6.78. The highest BCUT2D eigenvalue weighted by molar-refractivity contribution is 5.95. The van der Waals surface area contributed by atoms with Gasteiger partial charge in [-0.3, -0.25) is 4.79 Å². The van der Waals surface area contributed by atoms with E-state index in [0.29, 0.717) is 13.2 Å². The molecule has 1 aromatic heterocycles. The summed E-state index contributed by atoms with van der Waals surface area (Å²) in [5.41, 5.74) is 5.38. The Hall–Kier alpha value is -1.63. The summed E-state index contributed by atoms with van der Waals surface area (Å²) in [6.45, 7) is 3.92. The zero-order valence-electron chi connectivity index (χ0n) is 9.23. The van der Waals surface area contributed by atoms with Gasteiger partial charge in [-0.2, -0.15) is 0 Å². The topological polar surface area (TPSA) is 103 Å². The van der Waals surface area contributed by atoms with E-state index in [1.807, 2.05) is 6.92 Å². The van der Waals surface area contributed by atoms with Gasteiger partial charge in [-0.25, -0.2) is 4.63 Å². The van der Waals surface area contributed by atoms with Gasteiger partial charge in [0, 0.05) is 19.8 Å². The van der Waals surface area contributed by atoms with Crippen molar-refractivity contribution in [1.29, 1.82) is 0 Å². The number of nitrogen functional groups attached to an aromatic ring is 1. The molecule has 0 bridgehead atoms. The minimum Gasteiger partial charge on any atom is -0.381 e. The first-order valence-electron chi connectivity index (χ1n) is 5.19. The lowest BCUT2D eigenvalue weighted by atomic mass is 10.4. The van der Waals surface area contributed by atoms with Crippen LogP contribution < -0.4 is 11.1 Å². The lowest BCUT2D eigenvalue weighted by molar-refractivity contribution is 0.0932. The average Bonchev–Trinajstić information content (AvgIpc) is 2.69. The smallest absolute Gasteiger partial charge is 0.277 e. The summed E-state index contributed by atoms with van der Waals surface area (Å²) in [5, 5.41) is 9.34. The number of rotatable bonds is 7. The highest BCUT2D eigenvalue weighted by Crippen LogP contribution is 2.02. The molecule has 1 aromatic rings. The Morgan fingerprint density at radius 2 is 2.31 bits per heavy atom. The maximum Gasteiger partial charge on any atom is 0.277 e. The predicted molar refractivity (Wildman–Crippen MR) is 56.8 cm³/mol. The number of carbonyl (C=O) groups excluding carboxylic acids is 1. The monoisotopic (exact) mass is 228 g/mol. The first kappa shape index (κ1) is 12.4. The van der Waals surface area contributed by atoms with Gasteiger partial charge in [0.25, 0.3) is 5.91 Å². The van der Waals surface area contributed by atoms with Crippen LogP contribution in [0.5, 0.6) is 0 Å². The van der Waals surface area contributed by atoms with E-state index in [9.17, 15) is 4.79 Å². The largest absolute Gasteiger partial charge is 0.381 e. The van der Waals surface area contributed by atoms with Crippen LogP contribution in [0.2, 0.25) is 0 Å². The fraction of sp³-hybridized carbons (Fsp3) is 0.667.